The number of nitrogens with one attached hydrogen (secondary N) is 1. The Balaban J connectivity index is 1.96. The normalized spacial score (nSPS) is 20.5. The summed E-state index contributed by atoms with van der Waals surface area (Å²) in [4.78, 5) is 0. The summed E-state index contributed by atoms with van der Waals surface area (Å²) >= 11 is 0. The van der Waals surface area contributed by atoms with Gasteiger partial charge in [-0.1, -0.05) is 37.6 Å². The number of ether oxygens (including phenoxy) is 1. The predicted molar refractivity (Wildman–Crippen MR) is 80.7 cm³/mol. The van der Waals surface area contributed by atoms with Gasteiger partial charge in [-0.15, -0.1) is 0 Å². The van der Waals surface area contributed by atoms with Gasteiger partial charge in [0.05, 0.1) is 6.10 Å². The SMILES string of the molecule is CCCC(OCC)C(CC1Cc2ccccc21)NC. The van der Waals surface area contributed by atoms with Gasteiger partial charge in [0.15, 0.2) is 0 Å². The van der Waals surface area contributed by atoms with Crippen LogP contribution in [-0.2, 0) is 11.2 Å². The Kier molecular flexibility index (Phi) is 5.41. The molecule has 106 valence electrons. The van der Waals surface area contributed by atoms with Gasteiger partial charge < -0.3 is 10.1 Å². The fraction of sp³-hybridized carbons (Fsp3) is 0.647. The Bertz CT molecular complexity index is 385. The highest BCUT2D eigenvalue weighted by atomic mass is 16.5. The maximum absolute atomic E-state index is 5.93. The minimum atomic E-state index is 0.354. The van der Waals surface area contributed by atoms with Crippen molar-refractivity contribution in [3.05, 3.63) is 35.4 Å². The molecule has 0 saturated heterocycles. The van der Waals surface area contributed by atoms with Crippen molar-refractivity contribution in [3.8, 4) is 0 Å². The predicted octanol–water partition coefficient (Wildman–Crippen LogP) is 3.51. The summed E-state index contributed by atoms with van der Waals surface area (Å²) in [5.74, 6) is 0.716. The maximum atomic E-state index is 5.93. The third-order valence-electron chi connectivity index (χ3n) is 4.27. The summed E-state index contributed by atoms with van der Waals surface area (Å²) in [5, 5.41) is 3.48. The zero-order chi connectivity index (χ0) is 13.7. The van der Waals surface area contributed by atoms with Crippen LogP contribution in [0.4, 0.5) is 0 Å². The summed E-state index contributed by atoms with van der Waals surface area (Å²) in [5.41, 5.74) is 3.08. The molecular formula is C17H27NO. The average molecular weight is 261 g/mol. The van der Waals surface area contributed by atoms with Crippen LogP contribution in [0.3, 0.4) is 0 Å². The van der Waals surface area contributed by atoms with Crippen molar-refractivity contribution >= 4 is 0 Å². The van der Waals surface area contributed by atoms with Gasteiger partial charge in [-0.2, -0.15) is 0 Å². The van der Waals surface area contributed by atoms with Crippen LogP contribution in [0.25, 0.3) is 0 Å². The lowest BCUT2D eigenvalue weighted by atomic mass is 9.73. The molecule has 3 unspecified atom stereocenters. The van der Waals surface area contributed by atoms with E-state index in [1.807, 2.05) is 0 Å². The molecule has 1 aliphatic carbocycles. The van der Waals surface area contributed by atoms with E-state index in [9.17, 15) is 0 Å². The molecule has 0 aromatic heterocycles. The van der Waals surface area contributed by atoms with Gasteiger partial charge in [-0.25, -0.2) is 0 Å². The Hall–Kier alpha value is -0.860. The third kappa shape index (κ3) is 3.37. The number of likely N-dealkylation sites (N-methyl/N-ethyl adjacent to an activating group) is 1. The van der Waals surface area contributed by atoms with Crippen molar-refractivity contribution in [2.24, 2.45) is 0 Å². The molecule has 2 rings (SSSR count). The highest BCUT2D eigenvalue weighted by Crippen LogP contribution is 2.38. The molecule has 0 fully saturated rings. The van der Waals surface area contributed by atoms with Crippen molar-refractivity contribution in [1.82, 2.24) is 5.32 Å². The summed E-state index contributed by atoms with van der Waals surface area (Å²) in [6, 6.07) is 9.31. The van der Waals surface area contributed by atoms with E-state index in [-0.39, 0.29) is 0 Å². The van der Waals surface area contributed by atoms with Gasteiger partial charge in [0, 0.05) is 12.6 Å². The van der Waals surface area contributed by atoms with E-state index in [1.165, 1.54) is 24.8 Å². The van der Waals surface area contributed by atoms with E-state index >= 15 is 0 Å². The van der Waals surface area contributed by atoms with Crippen LogP contribution in [-0.4, -0.2) is 25.8 Å². The first kappa shape index (κ1) is 14.5. The highest BCUT2D eigenvalue weighted by molar-refractivity contribution is 5.39. The van der Waals surface area contributed by atoms with Crippen LogP contribution in [0.1, 0.15) is 50.2 Å². The standard InChI is InChI=1S/C17H27NO/c1-4-8-17(19-5-2)16(18-3)12-14-11-13-9-6-7-10-15(13)14/h6-7,9-10,14,16-18H,4-5,8,11-12H2,1-3H3. The van der Waals surface area contributed by atoms with Crippen LogP contribution in [0.5, 0.6) is 0 Å². The van der Waals surface area contributed by atoms with E-state index in [1.54, 1.807) is 5.56 Å². The number of benzene rings is 1. The number of hydrogen-bond donors (Lipinski definition) is 1. The van der Waals surface area contributed by atoms with Crippen molar-refractivity contribution in [1.29, 1.82) is 0 Å². The molecule has 0 saturated carbocycles. The lowest BCUT2D eigenvalue weighted by Gasteiger charge is -2.35. The molecule has 0 amide bonds. The fourth-order valence-electron chi connectivity index (χ4n) is 3.23. The molecule has 1 N–H and O–H groups in total. The summed E-state index contributed by atoms with van der Waals surface area (Å²) in [6.45, 7) is 5.13. The molecular weight excluding hydrogens is 234 g/mol. The molecule has 19 heavy (non-hydrogen) atoms. The van der Waals surface area contributed by atoms with Crippen LogP contribution in [0.15, 0.2) is 24.3 Å². The molecule has 1 aromatic carbocycles. The zero-order valence-corrected chi connectivity index (χ0v) is 12.5. The fourth-order valence-corrected chi connectivity index (χ4v) is 3.23. The van der Waals surface area contributed by atoms with Gasteiger partial charge in [0.2, 0.25) is 0 Å². The maximum Gasteiger partial charge on any atom is 0.0727 e. The second-order valence-electron chi connectivity index (χ2n) is 5.51. The quantitative estimate of drug-likeness (QED) is 0.773. The number of hydrogen-bond acceptors (Lipinski definition) is 2. The van der Waals surface area contributed by atoms with Gasteiger partial charge in [0.25, 0.3) is 0 Å². The Morgan fingerprint density at radius 3 is 2.74 bits per heavy atom. The van der Waals surface area contributed by atoms with Gasteiger partial charge in [0.1, 0.15) is 0 Å². The van der Waals surface area contributed by atoms with Crippen molar-refractivity contribution < 1.29 is 4.74 Å². The lowest BCUT2D eigenvalue weighted by molar-refractivity contribution is 0.0255. The molecule has 1 aliphatic rings. The molecule has 2 nitrogen and oxygen atoms in total. The van der Waals surface area contributed by atoms with Crippen LogP contribution in [0, 0.1) is 0 Å². The highest BCUT2D eigenvalue weighted by Gasteiger charge is 2.30. The molecule has 0 spiro atoms. The number of fused-ring (bicyclic) bond motifs is 1. The summed E-state index contributed by atoms with van der Waals surface area (Å²) < 4.78 is 5.93. The monoisotopic (exact) mass is 261 g/mol. The van der Waals surface area contributed by atoms with E-state index < -0.39 is 0 Å². The van der Waals surface area contributed by atoms with Crippen molar-refractivity contribution in [2.45, 2.75) is 57.6 Å². The summed E-state index contributed by atoms with van der Waals surface area (Å²) in [6.07, 6.45) is 5.11. The first-order valence-corrected chi connectivity index (χ1v) is 7.66. The van der Waals surface area contributed by atoms with Gasteiger partial charge >= 0.3 is 0 Å². The van der Waals surface area contributed by atoms with E-state index in [0.29, 0.717) is 18.1 Å². The third-order valence-corrected chi connectivity index (χ3v) is 4.27. The molecule has 3 atom stereocenters. The average Bonchev–Trinajstić information content (AvgIpc) is 2.40. The number of rotatable bonds is 8. The molecule has 0 aliphatic heterocycles. The van der Waals surface area contributed by atoms with Crippen LogP contribution in [0.2, 0.25) is 0 Å². The first-order chi connectivity index (χ1) is 9.30. The minimum Gasteiger partial charge on any atom is -0.377 e. The molecule has 0 bridgehead atoms. The van der Waals surface area contributed by atoms with Gasteiger partial charge in [-0.3, -0.25) is 0 Å². The molecule has 0 heterocycles. The van der Waals surface area contributed by atoms with E-state index in [0.717, 1.165) is 13.0 Å². The van der Waals surface area contributed by atoms with Gasteiger partial charge in [-0.05, 0) is 50.3 Å². The largest absolute Gasteiger partial charge is 0.377 e. The van der Waals surface area contributed by atoms with Crippen LogP contribution >= 0.6 is 0 Å². The van der Waals surface area contributed by atoms with E-state index in [4.69, 9.17) is 4.74 Å². The minimum absolute atomic E-state index is 0.354. The zero-order valence-electron chi connectivity index (χ0n) is 12.5. The Labute approximate surface area is 117 Å². The van der Waals surface area contributed by atoms with Crippen LogP contribution < -0.4 is 5.32 Å². The molecule has 1 aromatic rings. The summed E-state index contributed by atoms with van der Waals surface area (Å²) in [7, 11) is 2.07. The molecule has 0 radical (unpaired) electrons. The first-order valence-electron chi connectivity index (χ1n) is 7.66. The van der Waals surface area contributed by atoms with Crippen molar-refractivity contribution in [2.75, 3.05) is 13.7 Å². The Morgan fingerprint density at radius 2 is 2.11 bits per heavy atom. The lowest BCUT2D eigenvalue weighted by Crippen LogP contribution is -2.41. The Morgan fingerprint density at radius 1 is 1.32 bits per heavy atom. The van der Waals surface area contributed by atoms with E-state index in [2.05, 4.69) is 50.5 Å². The molecule has 2 heteroatoms. The second kappa shape index (κ2) is 7.06. The topological polar surface area (TPSA) is 21.3 Å². The smallest absolute Gasteiger partial charge is 0.0727 e. The van der Waals surface area contributed by atoms with Crippen molar-refractivity contribution in [3.63, 3.8) is 0 Å². The second-order valence-corrected chi connectivity index (χ2v) is 5.51.